The third-order valence-electron chi connectivity index (χ3n) is 6.61. The van der Waals surface area contributed by atoms with Crippen LogP contribution in [0.1, 0.15) is 43.9 Å². The molecule has 0 unspecified atom stereocenters. The first-order valence-electron chi connectivity index (χ1n) is 12.9. The number of nitrogens with zero attached hydrogens (tertiary/aromatic N) is 2. The monoisotopic (exact) mass is 569 g/mol. The van der Waals surface area contributed by atoms with Gasteiger partial charge >= 0.3 is 0 Å². The van der Waals surface area contributed by atoms with E-state index >= 15 is 0 Å². The van der Waals surface area contributed by atoms with Crippen molar-refractivity contribution in [3.05, 3.63) is 94.5 Å². The average molecular weight is 570 g/mol. The van der Waals surface area contributed by atoms with E-state index in [2.05, 4.69) is 5.32 Å². The largest absolute Gasteiger partial charge is 0.352 e. The molecular weight excluding hydrogens is 534 g/mol. The van der Waals surface area contributed by atoms with Gasteiger partial charge in [0.2, 0.25) is 11.8 Å². The molecule has 1 N–H and O–H groups in total. The van der Waals surface area contributed by atoms with Crippen LogP contribution in [0, 0.1) is 13.8 Å². The van der Waals surface area contributed by atoms with Crippen LogP contribution >= 0.6 is 11.6 Å². The molecule has 2 amide bonds. The number of sulfonamides is 1. The lowest BCUT2D eigenvalue weighted by Crippen LogP contribution is -2.52. The minimum Gasteiger partial charge on any atom is -0.352 e. The van der Waals surface area contributed by atoms with Crippen molar-refractivity contribution >= 4 is 39.1 Å². The molecule has 39 heavy (non-hydrogen) atoms. The van der Waals surface area contributed by atoms with E-state index in [-0.39, 0.29) is 23.4 Å². The molecule has 2 atom stereocenters. The second-order valence-electron chi connectivity index (χ2n) is 9.81. The molecular formula is C30H36ClN3O4S. The van der Waals surface area contributed by atoms with Gasteiger partial charge in [-0.05, 0) is 76.1 Å². The minimum atomic E-state index is -4.12. The maximum atomic E-state index is 13.9. The van der Waals surface area contributed by atoms with E-state index < -0.39 is 28.5 Å². The molecule has 3 rings (SSSR count). The van der Waals surface area contributed by atoms with Gasteiger partial charge < -0.3 is 10.2 Å². The lowest BCUT2D eigenvalue weighted by Gasteiger charge is -2.32. The summed E-state index contributed by atoms with van der Waals surface area (Å²) in [6.07, 6.45) is 0.740. The van der Waals surface area contributed by atoms with Crippen molar-refractivity contribution in [2.45, 2.75) is 64.6 Å². The number of anilines is 1. The highest BCUT2D eigenvalue weighted by Gasteiger charge is 2.32. The summed E-state index contributed by atoms with van der Waals surface area (Å²) in [6.45, 7) is 8.99. The Kier molecular flexibility index (Phi) is 10.2. The molecule has 7 nitrogen and oxygen atoms in total. The summed E-state index contributed by atoms with van der Waals surface area (Å²) < 4.78 is 28.7. The van der Waals surface area contributed by atoms with Crippen LogP contribution in [0.15, 0.2) is 77.7 Å². The number of amides is 2. The summed E-state index contributed by atoms with van der Waals surface area (Å²) in [6, 6.07) is 19.5. The SMILES string of the molecule is CC[C@@H](C)NC(=O)[C@@H](C)N(Cc1cccc(C)c1)C(=O)CN(c1ccc(Cl)cc1)S(=O)(=O)c1ccc(C)cc1. The minimum absolute atomic E-state index is 0.0589. The Hall–Kier alpha value is -3.36. The number of nitrogens with one attached hydrogen (secondary N) is 1. The third kappa shape index (κ3) is 7.83. The highest BCUT2D eigenvalue weighted by molar-refractivity contribution is 7.92. The van der Waals surface area contributed by atoms with Crippen molar-refractivity contribution in [2.75, 3.05) is 10.8 Å². The Labute approximate surface area is 236 Å². The highest BCUT2D eigenvalue weighted by Crippen LogP contribution is 2.26. The fourth-order valence-electron chi connectivity index (χ4n) is 4.03. The standard InChI is InChI=1S/C30H36ClN3O4S/c1-6-23(4)32-30(36)24(5)33(19-25-9-7-8-22(3)18-25)29(35)20-34(27-14-12-26(31)13-15-27)39(37,38)28-16-10-21(2)11-17-28/h7-18,23-24H,6,19-20H2,1-5H3,(H,32,36)/t23-,24-/m1/s1. The molecule has 3 aromatic rings. The molecule has 0 aliphatic carbocycles. The zero-order chi connectivity index (χ0) is 28.7. The van der Waals surface area contributed by atoms with Crippen LogP contribution in [0.2, 0.25) is 5.02 Å². The molecule has 0 heterocycles. The first-order valence-corrected chi connectivity index (χ1v) is 14.7. The molecule has 0 aliphatic rings. The number of halogens is 1. The van der Waals surface area contributed by atoms with Crippen LogP contribution in [0.3, 0.4) is 0 Å². The van der Waals surface area contributed by atoms with Gasteiger partial charge in [-0.25, -0.2) is 8.42 Å². The van der Waals surface area contributed by atoms with E-state index in [1.165, 1.54) is 17.0 Å². The van der Waals surface area contributed by atoms with E-state index in [1.54, 1.807) is 43.3 Å². The van der Waals surface area contributed by atoms with E-state index in [9.17, 15) is 18.0 Å². The second kappa shape index (κ2) is 13.1. The Morgan fingerprint density at radius 2 is 1.56 bits per heavy atom. The van der Waals surface area contributed by atoms with Crippen molar-refractivity contribution in [3.63, 3.8) is 0 Å². The zero-order valence-electron chi connectivity index (χ0n) is 23.0. The summed E-state index contributed by atoms with van der Waals surface area (Å²) in [7, 11) is -4.12. The maximum Gasteiger partial charge on any atom is 0.264 e. The predicted octanol–water partition coefficient (Wildman–Crippen LogP) is 5.48. The Morgan fingerprint density at radius 1 is 0.923 bits per heavy atom. The van der Waals surface area contributed by atoms with Gasteiger partial charge in [0.15, 0.2) is 0 Å². The molecule has 3 aromatic carbocycles. The van der Waals surface area contributed by atoms with Crippen LogP contribution in [0.5, 0.6) is 0 Å². The number of hydrogen-bond donors (Lipinski definition) is 1. The fourth-order valence-corrected chi connectivity index (χ4v) is 5.57. The van der Waals surface area contributed by atoms with Gasteiger partial charge in [0.25, 0.3) is 10.0 Å². The van der Waals surface area contributed by atoms with Gasteiger partial charge in [-0.2, -0.15) is 0 Å². The molecule has 0 radical (unpaired) electrons. The second-order valence-corrected chi connectivity index (χ2v) is 12.1. The summed E-state index contributed by atoms with van der Waals surface area (Å²) >= 11 is 6.07. The predicted molar refractivity (Wildman–Crippen MR) is 156 cm³/mol. The van der Waals surface area contributed by atoms with Crippen molar-refractivity contribution in [3.8, 4) is 0 Å². The van der Waals surface area contributed by atoms with Crippen LogP contribution in [0.25, 0.3) is 0 Å². The van der Waals surface area contributed by atoms with Crippen molar-refractivity contribution in [2.24, 2.45) is 0 Å². The van der Waals surface area contributed by atoms with Gasteiger partial charge in [0, 0.05) is 17.6 Å². The maximum absolute atomic E-state index is 13.9. The molecule has 0 fully saturated rings. The number of carbonyl (C=O) groups excluding carboxylic acids is 2. The molecule has 0 bridgehead atoms. The number of aryl methyl sites for hydroxylation is 2. The number of carbonyl (C=O) groups is 2. The molecule has 0 spiro atoms. The molecule has 0 aliphatic heterocycles. The summed E-state index contributed by atoms with van der Waals surface area (Å²) in [5, 5.41) is 3.37. The molecule has 9 heteroatoms. The summed E-state index contributed by atoms with van der Waals surface area (Å²) in [4.78, 5) is 28.5. The Bertz CT molecular complexity index is 1390. The highest BCUT2D eigenvalue weighted by atomic mass is 35.5. The van der Waals surface area contributed by atoms with Crippen molar-refractivity contribution < 1.29 is 18.0 Å². The van der Waals surface area contributed by atoms with Gasteiger partial charge in [0.1, 0.15) is 12.6 Å². The van der Waals surface area contributed by atoms with Crippen LogP contribution in [0.4, 0.5) is 5.69 Å². The number of rotatable bonds is 11. The molecule has 0 saturated heterocycles. The quantitative estimate of drug-likeness (QED) is 0.331. The van der Waals surface area contributed by atoms with E-state index in [1.807, 2.05) is 52.0 Å². The number of hydrogen-bond acceptors (Lipinski definition) is 4. The normalized spacial score (nSPS) is 12.9. The van der Waals surface area contributed by atoms with Crippen LogP contribution < -0.4 is 9.62 Å². The fraction of sp³-hybridized carbons (Fsp3) is 0.333. The topological polar surface area (TPSA) is 86.8 Å². The summed E-state index contributed by atoms with van der Waals surface area (Å²) in [5.41, 5.74) is 3.06. The van der Waals surface area contributed by atoms with Crippen molar-refractivity contribution in [1.29, 1.82) is 0 Å². The van der Waals surface area contributed by atoms with Gasteiger partial charge in [-0.3, -0.25) is 13.9 Å². The van der Waals surface area contributed by atoms with Gasteiger partial charge in [0.05, 0.1) is 10.6 Å². The third-order valence-corrected chi connectivity index (χ3v) is 8.65. The van der Waals surface area contributed by atoms with Crippen molar-refractivity contribution in [1.82, 2.24) is 10.2 Å². The summed E-state index contributed by atoms with van der Waals surface area (Å²) in [5.74, 6) is -0.807. The lowest BCUT2D eigenvalue weighted by molar-refractivity contribution is -0.139. The van der Waals surface area contributed by atoms with Crippen LogP contribution in [-0.4, -0.2) is 43.8 Å². The van der Waals surface area contributed by atoms with E-state index in [0.717, 1.165) is 27.4 Å². The molecule has 0 aromatic heterocycles. The lowest BCUT2D eigenvalue weighted by atomic mass is 10.1. The van der Waals surface area contributed by atoms with Gasteiger partial charge in [-0.1, -0.05) is 66.0 Å². The number of benzene rings is 3. The van der Waals surface area contributed by atoms with E-state index in [4.69, 9.17) is 11.6 Å². The first-order chi connectivity index (χ1) is 18.4. The van der Waals surface area contributed by atoms with Gasteiger partial charge in [-0.15, -0.1) is 0 Å². The average Bonchev–Trinajstić information content (AvgIpc) is 2.90. The molecule has 208 valence electrons. The Morgan fingerprint density at radius 3 is 2.15 bits per heavy atom. The van der Waals surface area contributed by atoms with Crippen LogP contribution in [-0.2, 0) is 26.2 Å². The van der Waals surface area contributed by atoms with E-state index in [0.29, 0.717) is 10.7 Å². The Balaban J connectivity index is 2.02. The molecule has 0 saturated carbocycles. The smallest absolute Gasteiger partial charge is 0.264 e. The first kappa shape index (κ1) is 30.2. The zero-order valence-corrected chi connectivity index (χ0v) is 24.6.